The second-order valence-electron chi connectivity index (χ2n) is 4.59. The number of nitro groups is 2. The normalized spacial score (nSPS) is 9.36. The topological polar surface area (TPSA) is 143 Å². The van der Waals surface area contributed by atoms with Crippen LogP contribution < -0.4 is 4.74 Å². The maximum atomic E-state index is 11.1. The third-order valence-electron chi connectivity index (χ3n) is 3.03. The summed E-state index contributed by atoms with van der Waals surface area (Å²) in [5, 5.41) is 39.6. The molecule has 0 amide bonds. The molecule has 0 radical (unpaired) electrons. The Morgan fingerprint density at radius 3 is 2.28 bits per heavy atom. The van der Waals surface area contributed by atoms with Crippen LogP contribution >= 0.6 is 0 Å². The molecule has 0 saturated carbocycles. The largest absolute Gasteiger partial charge is 0.449 e. The van der Waals surface area contributed by atoms with Crippen molar-refractivity contribution in [3.8, 4) is 23.6 Å². The van der Waals surface area contributed by atoms with Gasteiger partial charge in [-0.25, -0.2) is 0 Å². The standard InChI is InChI=1S/C16H8N4O5/c17-9-11(10-18)7-12-3-1-2-4-15(12)25-16-6-5-13(19(21)22)8-14(16)20(23)24/h1-8H. The lowest BCUT2D eigenvalue weighted by atomic mass is 10.1. The summed E-state index contributed by atoms with van der Waals surface area (Å²) in [6, 6.07) is 12.7. The lowest BCUT2D eigenvalue weighted by molar-refractivity contribution is -0.394. The minimum Gasteiger partial charge on any atom is -0.449 e. The second-order valence-corrected chi connectivity index (χ2v) is 4.59. The number of hydrogen-bond donors (Lipinski definition) is 0. The SMILES string of the molecule is N#CC(C#N)=Cc1ccccc1Oc1ccc([N+](=O)[O-])cc1[N+](=O)[O-]. The van der Waals surface area contributed by atoms with E-state index in [2.05, 4.69) is 0 Å². The van der Waals surface area contributed by atoms with Gasteiger partial charge in [-0.05, 0) is 18.2 Å². The van der Waals surface area contributed by atoms with Crippen molar-refractivity contribution in [2.45, 2.75) is 0 Å². The molecule has 0 aromatic heterocycles. The van der Waals surface area contributed by atoms with E-state index in [9.17, 15) is 20.2 Å². The van der Waals surface area contributed by atoms with Crippen LogP contribution in [0.3, 0.4) is 0 Å². The van der Waals surface area contributed by atoms with Crippen LogP contribution in [-0.2, 0) is 0 Å². The van der Waals surface area contributed by atoms with Crippen molar-refractivity contribution in [2.75, 3.05) is 0 Å². The smallest absolute Gasteiger partial charge is 0.318 e. The molecule has 0 bridgehead atoms. The van der Waals surface area contributed by atoms with Crippen LogP contribution in [0.1, 0.15) is 5.56 Å². The highest BCUT2D eigenvalue weighted by atomic mass is 16.6. The van der Waals surface area contributed by atoms with Crippen molar-refractivity contribution < 1.29 is 14.6 Å². The van der Waals surface area contributed by atoms with E-state index >= 15 is 0 Å². The van der Waals surface area contributed by atoms with E-state index in [0.717, 1.165) is 18.2 Å². The number of nitrogens with zero attached hydrogens (tertiary/aromatic N) is 4. The predicted octanol–water partition coefficient (Wildman–Crippen LogP) is 3.73. The summed E-state index contributed by atoms with van der Waals surface area (Å²) in [6.07, 6.45) is 1.27. The van der Waals surface area contributed by atoms with Gasteiger partial charge in [-0.2, -0.15) is 10.5 Å². The van der Waals surface area contributed by atoms with E-state index in [4.69, 9.17) is 15.3 Å². The number of para-hydroxylation sites is 1. The molecule has 0 atom stereocenters. The quantitative estimate of drug-likeness (QED) is 0.459. The Balaban J connectivity index is 2.50. The van der Waals surface area contributed by atoms with Gasteiger partial charge in [0.15, 0.2) is 0 Å². The maximum Gasteiger partial charge on any atom is 0.318 e. The first-order valence-electron chi connectivity index (χ1n) is 6.68. The Bertz CT molecular complexity index is 953. The Labute approximate surface area is 140 Å². The average Bonchev–Trinajstić information content (AvgIpc) is 2.60. The van der Waals surface area contributed by atoms with Crippen LogP contribution in [0, 0.1) is 42.9 Å². The first kappa shape index (κ1) is 17.1. The molecule has 2 aromatic carbocycles. The minimum atomic E-state index is -0.795. The zero-order valence-electron chi connectivity index (χ0n) is 12.4. The Morgan fingerprint density at radius 2 is 1.68 bits per heavy atom. The molecule has 9 heteroatoms. The van der Waals surface area contributed by atoms with Crippen molar-refractivity contribution in [1.82, 2.24) is 0 Å². The van der Waals surface area contributed by atoms with Gasteiger partial charge in [0.05, 0.1) is 15.9 Å². The number of allylic oxidation sites excluding steroid dienone is 1. The zero-order valence-corrected chi connectivity index (χ0v) is 12.4. The third kappa shape index (κ3) is 3.94. The molecular weight excluding hydrogens is 328 g/mol. The van der Waals surface area contributed by atoms with Gasteiger partial charge in [-0.1, -0.05) is 18.2 Å². The highest BCUT2D eigenvalue weighted by Gasteiger charge is 2.21. The van der Waals surface area contributed by atoms with E-state index in [0.29, 0.717) is 5.56 Å². The summed E-state index contributed by atoms with van der Waals surface area (Å²) in [5.74, 6) is -0.0469. The van der Waals surface area contributed by atoms with Crippen LogP contribution in [-0.4, -0.2) is 9.85 Å². The summed E-state index contributed by atoms with van der Waals surface area (Å²) >= 11 is 0. The van der Waals surface area contributed by atoms with Crippen molar-refractivity contribution in [3.05, 3.63) is 73.8 Å². The fourth-order valence-electron chi connectivity index (χ4n) is 1.90. The van der Waals surface area contributed by atoms with Gasteiger partial charge in [0.2, 0.25) is 5.75 Å². The maximum absolute atomic E-state index is 11.1. The van der Waals surface area contributed by atoms with Crippen molar-refractivity contribution in [2.24, 2.45) is 0 Å². The summed E-state index contributed by atoms with van der Waals surface area (Å²) in [7, 11) is 0. The Kier molecular flexibility index (Phi) is 5.03. The van der Waals surface area contributed by atoms with Gasteiger partial charge in [0.25, 0.3) is 5.69 Å². The molecule has 0 saturated heterocycles. The molecule has 0 fully saturated rings. The molecule has 2 rings (SSSR count). The summed E-state index contributed by atoms with van der Waals surface area (Å²) in [4.78, 5) is 20.4. The molecule has 0 spiro atoms. The van der Waals surface area contributed by atoms with Crippen LogP contribution in [0.25, 0.3) is 6.08 Å². The van der Waals surface area contributed by atoms with Crippen LogP contribution in [0.15, 0.2) is 48.0 Å². The van der Waals surface area contributed by atoms with Crippen molar-refractivity contribution in [3.63, 3.8) is 0 Å². The van der Waals surface area contributed by atoms with Crippen molar-refractivity contribution in [1.29, 1.82) is 10.5 Å². The molecule has 0 N–H and O–H groups in total. The number of nitriles is 2. The van der Waals surface area contributed by atoms with Gasteiger partial charge in [0, 0.05) is 11.6 Å². The average molecular weight is 336 g/mol. The van der Waals surface area contributed by atoms with E-state index in [1.54, 1.807) is 30.3 Å². The van der Waals surface area contributed by atoms with E-state index in [1.165, 1.54) is 12.1 Å². The molecule has 122 valence electrons. The monoisotopic (exact) mass is 336 g/mol. The van der Waals surface area contributed by atoms with Gasteiger partial charge in [-0.3, -0.25) is 20.2 Å². The molecule has 9 nitrogen and oxygen atoms in total. The number of non-ortho nitro benzene ring substituents is 1. The zero-order chi connectivity index (χ0) is 18.4. The first-order chi connectivity index (χ1) is 12.0. The molecule has 0 aliphatic carbocycles. The highest BCUT2D eigenvalue weighted by molar-refractivity contribution is 5.67. The molecule has 0 aliphatic heterocycles. The van der Waals surface area contributed by atoms with E-state index in [-0.39, 0.29) is 17.1 Å². The van der Waals surface area contributed by atoms with Crippen LogP contribution in [0.5, 0.6) is 11.5 Å². The van der Waals surface area contributed by atoms with Gasteiger partial charge in [0.1, 0.15) is 23.5 Å². The Hall–Kier alpha value is -4.24. The number of ether oxygens (including phenoxy) is 1. The van der Waals surface area contributed by atoms with Gasteiger partial charge < -0.3 is 4.74 Å². The van der Waals surface area contributed by atoms with Crippen LogP contribution in [0.2, 0.25) is 0 Å². The van der Waals surface area contributed by atoms with Gasteiger partial charge >= 0.3 is 5.69 Å². The van der Waals surface area contributed by atoms with Gasteiger partial charge in [-0.15, -0.1) is 0 Å². The highest BCUT2D eigenvalue weighted by Crippen LogP contribution is 2.35. The van der Waals surface area contributed by atoms with E-state index in [1.807, 2.05) is 0 Å². The minimum absolute atomic E-state index is 0.155. The predicted molar refractivity (Wildman–Crippen MR) is 85.5 cm³/mol. The molecule has 25 heavy (non-hydrogen) atoms. The Morgan fingerprint density at radius 1 is 1.00 bits per heavy atom. The van der Waals surface area contributed by atoms with E-state index < -0.39 is 21.2 Å². The molecule has 2 aromatic rings. The lowest BCUT2D eigenvalue weighted by Gasteiger charge is -2.09. The second kappa shape index (κ2) is 7.35. The van der Waals surface area contributed by atoms with Crippen molar-refractivity contribution >= 4 is 17.5 Å². The number of rotatable bonds is 5. The third-order valence-corrected chi connectivity index (χ3v) is 3.03. The summed E-state index contributed by atoms with van der Waals surface area (Å²) in [6.45, 7) is 0. The molecule has 0 heterocycles. The number of nitro benzene ring substituents is 2. The fourth-order valence-corrected chi connectivity index (χ4v) is 1.90. The number of hydrogen-bond acceptors (Lipinski definition) is 7. The first-order valence-corrected chi connectivity index (χ1v) is 6.68. The molecule has 0 aliphatic rings. The van der Waals surface area contributed by atoms with Crippen LogP contribution in [0.4, 0.5) is 11.4 Å². The molecular formula is C16H8N4O5. The summed E-state index contributed by atoms with van der Waals surface area (Å²) in [5.41, 5.74) is -0.834. The molecule has 0 unspecified atom stereocenters. The fraction of sp³-hybridized carbons (Fsp3) is 0. The summed E-state index contributed by atoms with van der Waals surface area (Å²) < 4.78 is 5.50. The number of benzene rings is 2. The lowest BCUT2D eigenvalue weighted by Crippen LogP contribution is -1.97.